The molecule has 6 nitrogen and oxygen atoms in total. The summed E-state index contributed by atoms with van der Waals surface area (Å²) in [7, 11) is 0. The number of benzene rings is 1. The van der Waals surface area contributed by atoms with E-state index in [-0.39, 0.29) is 28.4 Å². The van der Waals surface area contributed by atoms with E-state index in [1.54, 1.807) is 0 Å². The molecule has 27 heavy (non-hydrogen) atoms. The van der Waals surface area contributed by atoms with Crippen molar-refractivity contribution in [1.29, 1.82) is 5.26 Å². The Kier molecular flexibility index (Phi) is 7.12. The number of anilines is 1. The standard InChI is InChI=1S/C17H18F3N5OS/c18-17(19,20)27-12-7-5-11(6-8-12)16(26)23-9-3-1-2-4-14-13(10-21)15(22)25-24-14/h5-8H,1-4,9H2,(H,23,26)(H3,22,24,25). The highest BCUT2D eigenvalue weighted by atomic mass is 32.2. The minimum atomic E-state index is -4.35. The largest absolute Gasteiger partial charge is 0.446 e. The van der Waals surface area contributed by atoms with Crippen LogP contribution < -0.4 is 11.1 Å². The molecule has 1 amide bonds. The van der Waals surface area contributed by atoms with E-state index in [2.05, 4.69) is 15.5 Å². The number of thioether (sulfide) groups is 1. The van der Waals surface area contributed by atoms with E-state index in [1.165, 1.54) is 24.3 Å². The molecule has 0 bridgehead atoms. The van der Waals surface area contributed by atoms with Crippen molar-refractivity contribution in [2.45, 2.75) is 36.1 Å². The van der Waals surface area contributed by atoms with E-state index in [0.717, 1.165) is 19.3 Å². The second-order valence-corrected chi connectivity index (χ2v) is 6.85. The number of unbranched alkanes of at least 4 members (excludes halogenated alkanes) is 2. The highest BCUT2D eigenvalue weighted by molar-refractivity contribution is 8.00. The second-order valence-electron chi connectivity index (χ2n) is 5.71. The van der Waals surface area contributed by atoms with Gasteiger partial charge in [-0.1, -0.05) is 6.42 Å². The molecule has 0 radical (unpaired) electrons. The van der Waals surface area contributed by atoms with Crippen molar-refractivity contribution in [3.05, 3.63) is 41.1 Å². The Morgan fingerprint density at radius 1 is 1.26 bits per heavy atom. The smallest absolute Gasteiger partial charge is 0.381 e. The number of hydrogen-bond acceptors (Lipinski definition) is 5. The molecule has 1 heterocycles. The van der Waals surface area contributed by atoms with Crippen molar-refractivity contribution in [3.63, 3.8) is 0 Å². The Morgan fingerprint density at radius 2 is 1.96 bits per heavy atom. The van der Waals surface area contributed by atoms with Crippen LogP contribution in [0.15, 0.2) is 29.2 Å². The van der Waals surface area contributed by atoms with E-state index in [9.17, 15) is 18.0 Å². The number of nitriles is 1. The number of aromatic amines is 1. The van der Waals surface area contributed by atoms with Gasteiger partial charge in [0, 0.05) is 17.0 Å². The zero-order valence-corrected chi connectivity index (χ0v) is 15.1. The van der Waals surface area contributed by atoms with Gasteiger partial charge in [0.1, 0.15) is 11.6 Å². The summed E-state index contributed by atoms with van der Waals surface area (Å²) >= 11 is -0.216. The molecule has 0 aliphatic rings. The van der Waals surface area contributed by atoms with Gasteiger partial charge >= 0.3 is 5.51 Å². The maximum atomic E-state index is 12.3. The number of hydrogen-bond donors (Lipinski definition) is 3. The van der Waals surface area contributed by atoms with Crippen molar-refractivity contribution in [3.8, 4) is 6.07 Å². The Morgan fingerprint density at radius 3 is 2.59 bits per heavy atom. The SMILES string of the molecule is N#Cc1c(N)n[nH]c1CCCCCNC(=O)c1ccc(SC(F)(F)F)cc1. The molecule has 1 aromatic heterocycles. The zero-order valence-electron chi connectivity index (χ0n) is 14.3. The van der Waals surface area contributed by atoms with Crippen LogP contribution >= 0.6 is 11.8 Å². The summed E-state index contributed by atoms with van der Waals surface area (Å²) < 4.78 is 36.8. The van der Waals surface area contributed by atoms with Gasteiger partial charge < -0.3 is 11.1 Å². The van der Waals surface area contributed by atoms with Crippen molar-refractivity contribution in [2.24, 2.45) is 0 Å². The Hall–Kier alpha value is -2.67. The third-order valence-electron chi connectivity index (χ3n) is 3.72. The first-order valence-electron chi connectivity index (χ1n) is 8.17. The molecular formula is C17H18F3N5OS. The molecule has 0 saturated carbocycles. The molecule has 2 aromatic rings. The van der Waals surface area contributed by atoms with E-state index in [0.29, 0.717) is 29.8 Å². The Bertz CT molecular complexity index is 811. The number of nitrogens with one attached hydrogen (secondary N) is 2. The fourth-order valence-electron chi connectivity index (χ4n) is 2.42. The molecular weight excluding hydrogens is 379 g/mol. The monoisotopic (exact) mass is 397 g/mol. The molecule has 10 heteroatoms. The number of alkyl halides is 3. The first-order valence-corrected chi connectivity index (χ1v) is 8.98. The Labute approximate surface area is 158 Å². The van der Waals surface area contributed by atoms with E-state index in [1.807, 2.05) is 6.07 Å². The van der Waals surface area contributed by atoms with Gasteiger partial charge in [0.25, 0.3) is 5.91 Å². The van der Waals surface area contributed by atoms with E-state index in [4.69, 9.17) is 11.0 Å². The molecule has 0 fully saturated rings. The lowest BCUT2D eigenvalue weighted by atomic mass is 10.1. The number of carbonyl (C=O) groups excluding carboxylic acids is 1. The second kappa shape index (κ2) is 9.32. The van der Waals surface area contributed by atoms with E-state index < -0.39 is 5.51 Å². The van der Waals surface area contributed by atoms with Crippen LogP contribution in [0, 0.1) is 11.3 Å². The van der Waals surface area contributed by atoms with Gasteiger partial charge in [-0.25, -0.2) is 0 Å². The maximum absolute atomic E-state index is 12.3. The van der Waals surface area contributed by atoms with Gasteiger partial charge in [0.15, 0.2) is 5.82 Å². The lowest BCUT2D eigenvalue weighted by Crippen LogP contribution is -2.24. The van der Waals surface area contributed by atoms with Crippen molar-refractivity contribution in [1.82, 2.24) is 15.5 Å². The maximum Gasteiger partial charge on any atom is 0.446 e. The minimum absolute atomic E-state index is 0.0373. The number of nitrogens with two attached hydrogens (primary N) is 1. The number of nitrogens with zero attached hydrogens (tertiary/aromatic N) is 2. The van der Waals surface area contributed by atoms with Crippen LogP contribution in [0.5, 0.6) is 0 Å². The molecule has 4 N–H and O–H groups in total. The van der Waals surface area contributed by atoms with Crippen LogP contribution in [0.4, 0.5) is 19.0 Å². The van der Waals surface area contributed by atoms with Gasteiger partial charge in [-0.3, -0.25) is 9.89 Å². The summed E-state index contributed by atoms with van der Waals surface area (Å²) in [6, 6.07) is 7.29. The summed E-state index contributed by atoms with van der Waals surface area (Å²) in [5.41, 5.74) is 2.60. The number of aryl methyl sites for hydroxylation is 1. The fourth-order valence-corrected chi connectivity index (χ4v) is 2.95. The van der Waals surface area contributed by atoms with Crippen molar-refractivity contribution >= 4 is 23.5 Å². The van der Waals surface area contributed by atoms with Crippen LogP contribution in [0.1, 0.15) is 40.9 Å². The minimum Gasteiger partial charge on any atom is -0.381 e. The molecule has 0 aliphatic carbocycles. The lowest BCUT2D eigenvalue weighted by Gasteiger charge is -2.07. The van der Waals surface area contributed by atoms with Crippen molar-refractivity contribution < 1.29 is 18.0 Å². The fraction of sp³-hybridized carbons (Fsp3) is 0.353. The summed E-state index contributed by atoms with van der Waals surface area (Å²) in [5, 5.41) is 18.2. The highest BCUT2D eigenvalue weighted by Gasteiger charge is 2.29. The molecule has 0 saturated heterocycles. The number of H-pyrrole nitrogens is 1. The predicted molar refractivity (Wildman–Crippen MR) is 96.0 cm³/mol. The van der Waals surface area contributed by atoms with Crippen LogP contribution in [0.25, 0.3) is 0 Å². The molecule has 144 valence electrons. The summed E-state index contributed by atoms with van der Waals surface area (Å²) in [6.45, 7) is 0.452. The molecule has 0 spiro atoms. The number of aromatic nitrogens is 2. The average molecular weight is 397 g/mol. The van der Waals surface area contributed by atoms with Gasteiger partial charge in [-0.15, -0.1) is 0 Å². The first-order chi connectivity index (χ1) is 12.8. The van der Waals surface area contributed by atoms with Crippen LogP contribution in [0.2, 0.25) is 0 Å². The molecule has 2 rings (SSSR count). The third kappa shape index (κ3) is 6.53. The first kappa shape index (κ1) is 20.6. The van der Waals surface area contributed by atoms with Gasteiger partial charge in [-0.2, -0.15) is 23.5 Å². The highest BCUT2D eigenvalue weighted by Crippen LogP contribution is 2.36. The van der Waals surface area contributed by atoms with Gasteiger partial charge in [0.2, 0.25) is 0 Å². The normalized spacial score (nSPS) is 11.2. The lowest BCUT2D eigenvalue weighted by molar-refractivity contribution is -0.0328. The summed E-state index contributed by atoms with van der Waals surface area (Å²) in [5.74, 6) is -0.133. The van der Waals surface area contributed by atoms with Crippen LogP contribution in [-0.4, -0.2) is 28.2 Å². The molecule has 0 atom stereocenters. The number of nitrogen functional groups attached to an aromatic ring is 1. The predicted octanol–water partition coefficient (Wildman–Crippen LogP) is 3.62. The number of carbonyl (C=O) groups is 1. The summed E-state index contributed by atoms with van der Waals surface area (Å²) in [4.78, 5) is 12.0. The van der Waals surface area contributed by atoms with E-state index >= 15 is 0 Å². The summed E-state index contributed by atoms with van der Waals surface area (Å²) in [6.07, 6.45) is 3.00. The van der Waals surface area contributed by atoms with Crippen LogP contribution in [0.3, 0.4) is 0 Å². The third-order valence-corrected chi connectivity index (χ3v) is 4.46. The number of rotatable bonds is 8. The molecule has 0 aliphatic heterocycles. The number of amides is 1. The Balaban J connectivity index is 1.68. The number of halogens is 3. The average Bonchev–Trinajstić information content (AvgIpc) is 2.96. The van der Waals surface area contributed by atoms with Crippen molar-refractivity contribution in [2.75, 3.05) is 12.3 Å². The topological polar surface area (TPSA) is 108 Å². The van der Waals surface area contributed by atoms with Gasteiger partial charge in [0.05, 0.1) is 5.69 Å². The quantitative estimate of drug-likeness (QED) is 0.466. The van der Waals surface area contributed by atoms with Crippen LogP contribution in [-0.2, 0) is 6.42 Å². The zero-order chi connectivity index (χ0) is 19.9. The molecule has 1 aromatic carbocycles. The van der Waals surface area contributed by atoms with Gasteiger partial charge in [-0.05, 0) is 55.3 Å². The molecule has 0 unspecified atom stereocenters.